The molecule has 1 atom stereocenters. The number of thiophene rings is 1. The van der Waals surface area contributed by atoms with E-state index in [9.17, 15) is 9.59 Å². The van der Waals surface area contributed by atoms with Gasteiger partial charge in [-0.3, -0.25) is 9.48 Å². The molecule has 6 nitrogen and oxygen atoms in total. The van der Waals surface area contributed by atoms with Gasteiger partial charge in [0.05, 0.1) is 11.7 Å². The Bertz CT molecular complexity index is 911. The molecule has 136 valence electrons. The highest BCUT2D eigenvalue weighted by molar-refractivity contribution is 7.20. The number of esters is 1. The van der Waals surface area contributed by atoms with Crippen LogP contribution in [0.1, 0.15) is 33.9 Å². The van der Waals surface area contributed by atoms with Crippen LogP contribution in [0.25, 0.3) is 10.2 Å². The molecule has 0 aliphatic rings. The summed E-state index contributed by atoms with van der Waals surface area (Å²) in [5.41, 5.74) is 1.90. The number of amides is 1. The molecular formula is C19H21N3O3S. The minimum atomic E-state index is -0.486. The Balaban J connectivity index is 1.62. The first-order valence-electron chi connectivity index (χ1n) is 8.29. The monoisotopic (exact) mass is 371 g/mol. The number of nitrogens with zero attached hydrogens (tertiary/aromatic N) is 3. The van der Waals surface area contributed by atoms with E-state index in [0.717, 1.165) is 21.5 Å². The van der Waals surface area contributed by atoms with Crippen molar-refractivity contribution in [1.29, 1.82) is 0 Å². The van der Waals surface area contributed by atoms with E-state index < -0.39 is 5.97 Å². The molecule has 0 saturated heterocycles. The molecule has 1 aromatic carbocycles. The second kappa shape index (κ2) is 7.29. The third kappa shape index (κ3) is 3.48. The maximum Gasteiger partial charge on any atom is 0.348 e. The molecule has 0 aliphatic carbocycles. The average molecular weight is 371 g/mol. The van der Waals surface area contributed by atoms with Crippen molar-refractivity contribution in [3.63, 3.8) is 0 Å². The lowest BCUT2D eigenvalue weighted by molar-refractivity contribution is -0.135. The molecule has 3 rings (SSSR count). The summed E-state index contributed by atoms with van der Waals surface area (Å²) in [5.74, 6) is -0.728. The number of hydrogen-bond donors (Lipinski definition) is 0. The minimum absolute atomic E-state index is 0.0968. The summed E-state index contributed by atoms with van der Waals surface area (Å²) in [6.45, 7) is 3.56. The Kier molecular flexibility index (Phi) is 5.08. The molecule has 1 unspecified atom stereocenters. The first-order chi connectivity index (χ1) is 12.4. The second-order valence-corrected chi connectivity index (χ2v) is 7.24. The Morgan fingerprint density at radius 2 is 2.00 bits per heavy atom. The van der Waals surface area contributed by atoms with E-state index in [1.807, 2.05) is 51.2 Å². The first-order valence-corrected chi connectivity index (χ1v) is 9.11. The third-order valence-corrected chi connectivity index (χ3v) is 5.66. The summed E-state index contributed by atoms with van der Waals surface area (Å²) in [6, 6.07) is 11.4. The van der Waals surface area contributed by atoms with Crippen molar-refractivity contribution < 1.29 is 14.3 Å². The number of fused-ring (bicyclic) bond motifs is 1. The predicted molar refractivity (Wildman–Crippen MR) is 101 cm³/mol. The van der Waals surface area contributed by atoms with Gasteiger partial charge in [0.15, 0.2) is 6.61 Å². The maximum absolute atomic E-state index is 12.4. The molecule has 0 radical (unpaired) electrons. The predicted octanol–water partition coefficient (Wildman–Crippen LogP) is 3.32. The fourth-order valence-electron chi connectivity index (χ4n) is 2.78. The molecule has 0 spiro atoms. The molecule has 0 N–H and O–H groups in total. The van der Waals surface area contributed by atoms with Gasteiger partial charge in [0, 0.05) is 19.5 Å². The summed E-state index contributed by atoms with van der Waals surface area (Å²) in [6.07, 6.45) is 0. The van der Waals surface area contributed by atoms with Gasteiger partial charge in [-0.25, -0.2) is 4.79 Å². The normalized spacial score (nSPS) is 12.2. The summed E-state index contributed by atoms with van der Waals surface area (Å²) in [5, 5.41) is 5.25. The highest BCUT2D eigenvalue weighted by Crippen LogP contribution is 2.28. The zero-order valence-electron chi connectivity index (χ0n) is 15.2. The maximum atomic E-state index is 12.4. The Morgan fingerprint density at radius 3 is 2.65 bits per heavy atom. The molecule has 2 aromatic heterocycles. The fraction of sp³-hybridized carbons (Fsp3) is 0.316. The average Bonchev–Trinajstić information content (AvgIpc) is 3.20. The summed E-state index contributed by atoms with van der Waals surface area (Å²) in [4.78, 5) is 27.6. The van der Waals surface area contributed by atoms with Crippen molar-refractivity contribution in [2.45, 2.75) is 19.9 Å². The quantitative estimate of drug-likeness (QED) is 0.646. The molecule has 0 saturated carbocycles. The van der Waals surface area contributed by atoms with Crippen molar-refractivity contribution in [1.82, 2.24) is 14.7 Å². The van der Waals surface area contributed by atoms with Gasteiger partial charge in [0.1, 0.15) is 9.71 Å². The molecule has 0 aliphatic heterocycles. The molecule has 0 bridgehead atoms. The highest BCUT2D eigenvalue weighted by Gasteiger charge is 2.21. The van der Waals surface area contributed by atoms with Gasteiger partial charge in [-0.1, -0.05) is 30.3 Å². The Hall–Kier alpha value is -2.67. The molecule has 2 heterocycles. The van der Waals surface area contributed by atoms with Crippen LogP contribution >= 0.6 is 11.3 Å². The van der Waals surface area contributed by atoms with E-state index in [2.05, 4.69) is 5.10 Å². The van der Waals surface area contributed by atoms with Crippen LogP contribution in [0.15, 0.2) is 36.4 Å². The van der Waals surface area contributed by atoms with E-state index >= 15 is 0 Å². The van der Waals surface area contributed by atoms with E-state index in [1.54, 1.807) is 22.7 Å². The van der Waals surface area contributed by atoms with Gasteiger partial charge in [0.2, 0.25) is 0 Å². The van der Waals surface area contributed by atoms with Crippen LogP contribution < -0.4 is 0 Å². The number of benzene rings is 1. The summed E-state index contributed by atoms with van der Waals surface area (Å²) < 4.78 is 6.97. The lowest BCUT2D eigenvalue weighted by Gasteiger charge is -2.25. The van der Waals surface area contributed by atoms with Gasteiger partial charge in [-0.2, -0.15) is 5.10 Å². The van der Waals surface area contributed by atoms with Gasteiger partial charge in [-0.05, 0) is 25.5 Å². The number of carbonyl (C=O) groups excluding carboxylic acids is 2. The second-order valence-electron chi connectivity index (χ2n) is 6.21. The van der Waals surface area contributed by atoms with Gasteiger partial charge < -0.3 is 9.64 Å². The molecule has 26 heavy (non-hydrogen) atoms. The molecule has 1 amide bonds. The number of likely N-dealkylation sites (N-methyl/N-ethyl adjacent to an activating group) is 1. The fourth-order valence-corrected chi connectivity index (χ4v) is 3.79. The SMILES string of the molecule is Cc1nn(C)c2sc(C(=O)OCC(=O)N(C)C(C)c3ccccc3)cc12. The van der Waals surface area contributed by atoms with Crippen LogP contribution in [-0.2, 0) is 16.6 Å². The minimum Gasteiger partial charge on any atom is -0.451 e. The van der Waals surface area contributed by atoms with E-state index in [-0.39, 0.29) is 18.6 Å². The van der Waals surface area contributed by atoms with Crippen LogP contribution in [0.5, 0.6) is 0 Å². The Labute approximate surface area is 156 Å². The largest absolute Gasteiger partial charge is 0.451 e. The third-order valence-electron chi connectivity index (χ3n) is 4.48. The van der Waals surface area contributed by atoms with Crippen LogP contribution in [0.2, 0.25) is 0 Å². The van der Waals surface area contributed by atoms with Crippen LogP contribution in [0.4, 0.5) is 0 Å². The molecule has 3 aromatic rings. The van der Waals surface area contributed by atoms with Gasteiger partial charge in [0.25, 0.3) is 5.91 Å². The zero-order chi connectivity index (χ0) is 18.8. The summed E-state index contributed by atoms with van der Waals surface area (Å²) >= 11 is 1.32. The molecular weight excluding hydrogens is 350 g/mol. The Morgan fingerprint density at radius 1 is 1.31 bits per heavy atom. The molecule has 0 fully saturated rings. The number of aromatic nitrogens is 2. The lowest BCUT2D eigenvalue weighted by atomic mass is 10.1. The lowest BCUT2D eigenvalue weighted by Crippen LogP contribution is -2.33. The topological polar surface area (TPSA) is 64.4 Å². The van der Waals surface area contributed by atoms with Crippen molar-refractivity contribution in [2.24, 2.45) is 7.05 Å². The van der Waals surface area contributed by atoms with Gasteiger partial charge in [-0.15, -0.1) is 11.3 Å². The number of rotatable bonds is 5. The van der Waals surface area contributed by atoms with Crippen molar-refractivity contribution in [2.75, 3.05) is 13.7 Å². The van der Waals surface area contributed by atoms with E-state index in [0.29, 0.717) is 4.88 Å². The zero-order valence-corrected chi connectivity index (χ0v) is 16.0. The first kappa shape index (κ1) is 18.1. The van der Waals surface area contributed by atoms with Crippen molar-refractivity contribution in [3.8, 4) is 0 Å². The highest BCUT2D eigenvalue weighted by atomic mass is 32.1. The number of aryl methyl sites for hydroxylation is 2. The van der Waals surface area contributed by atoms with E-state index in [4.69, 9.17) is 4.74 Å². The van der Waals surface area contributed by atoms with Crippen molar-refractivity contribution in [3.05, 3.63) is 52.5 Å². The smallest absolute Gasteiger partial charge is 0.348 e. The van der Waals surface area contributed by atoms with Crippen LogP contribution in [-0.4, -0.2) is 40.2 Å². The number of hydrogen-bond acceptors (Lipinski definition) is 5. The van der Waals surface area contributed by atoms with Crippen LogP contribution in [0.3, 0.4) is 0 Å². The van der Waals surface area contributed by atoms with Crippen LogP contribution in [0, 0.1) is 6.92 Å². The van der Waals surface area contributed by atoms with Gasteiger partial charge >= 0.3 is 5.97 Å². The molecule has 7 heteroatoms. The summed E-state index contributed by atoms with van der Waals surface area (Å²) in [7, 11) is 3.55. The number of ether oxygens (including phenoxy) is 1. The standard InChI is InChI=1S/C19H21N3O3S/c1-12-15-10-16(26-18(15)22(4)20-12)19(24)25-11-17(23)21(3)13(2)14-8-6-5-7-9-14/h5-10,13H,11H2,1-4H3. The van der Waals surface area contributed by atoms with Crippen molar-refractivity contribution >= 4 is 33.4 Å². The van der Waals surface area contributed by atoms with E-state index in [1.165, 1.54) is 11.3 Å². The number of carbonyl (C=O) groups is 2.